The normalized spacial score (nSPS) is 15.7. The van der Waals surface area contributed by atoms with Gasteiger partial charge >= 0.3 is 5.97 Å². The summed E-state index contributed by atoms with van der Waals surface area (Å²) in [6.07, 6.45) is 3.22. The van der Waals surface area contributed by atoms with Gasteiger partial charge in [0.25, 0.3) is 0 Å². The van der Waals surface area contributed by atoms with E-state index in [4.69, 9.17) is 5.11 Å². The highest BCUT2D eigenvalue weighted by Crippen LogP contribution is 2.27. The number of allylic oxidation sites excluding steroid dienone is 1. The first-order chi connectivity index (χ1) is 10.5. The van der Waals surface area contributed by atoms with Crippen LogP contribution in [0.2, 0.25) is 0 Å². The lowest BCUT2D eigenvalue weighted by Crippen LogP contribution is -2.15. The maximum Gasteiger partial charge on any atom is 0.335 e. The van der Waals surface area contributed by atoms with E-state index in [1.54, 1.807) is 12.1 Å². The molecule has 0 atom stereocenters. The summed E-state index contributed by atoms with van der Waals surface area (Å²) in [6.45, 7) is 0. The Hall–Kier alpha value is -2.20. The van der Waals surface area contributed by atoms with E-state index in [0.29, 0.717) is 18.4 Å². The number of aromatic carboxylic acids is 1. The number of carboxylic acid groups (broad SMARTS) is 1. The first-order valence-corrected chi connectivity index (χ1v) is 7.71. The van der Waals surface area contributed by atoms with Crippen LogP contribution >= 0.6 is 15.9 Å². The van der Waals surface area contributed by atoms with E-state index in [-0.39, 0.29) is 11.3 Å². The number of halogens is 1. The number of rotatable bonds is 2. The first-order valence-electron chi connectivity index (χ1n) is 6.91. The second-order valence-corrected chi connectivity index (χ2v) is 6.14. The van der Waals surface area contributed by atoms with Gasteiger partial charge in [-0.1, -0.05) is 28.1 Å². The molecule has 1 aliphatic carbocycles. The van der Waals surface area contributed by atoms with Crippen molar-refractivity contribution in [3.63, 3.8) is 0 Å². The van der Waals surface area contributed by atoms with Crippen LogP contribution in [0.15, 0.2) is 52.5 Å². The first kappa shape index (κ1) is 14.7. The average molecular weight is 357 g/mol. The van der Waals surface area contributed by atoms with E-state index in [1.165, 1.54) is 6.07 Å². The molecule has 22 heavy (non-hydrogen) atoms. The molecule has 0 bridgehead atoms. The van der Waals surface area contributed by atoms with Crippen molar-refractivity contribution < 1.29 is 14.7 Å². The number of carbonyl (C=O) groups is 2. The molecule has 1 N–H and O–H groups in total. The monoisotopic (exact) mass is 356 g/mol. The van der Waals surface area contributed by atoms with Crippen molar-refractivity contribution in [2.24, 2.45) is 0 Å². The summed E-state index contributed by atoms with van der Waals surface area (Å²) in [5, 5.41) is 9.02. The molecule has 0 heterocycles. The highest BCUT2D eigenvalue weighted by molar-refractivity contribution is 9.10. The van der Waals surface area contributed by atoms with E-state index in [2.05, 4.69) is 15.9 Å². The zero-order chi connectivity index (χ0) is 15.7. The molecule has 0 fully saturated rings. The molecule has 4 heteroatoms. The van der Waals surface area contributed by atoms with Crippen LogP contribution in [0, 0.1) is 0 Å². The Balaban J connectivity index is 1.94. The van der Waals surface area contributed by atoms with Crippen LogP contribution in [0.3, 0.4) is 0 Å². The molecular formula is C18H13BrO3. The van der Waals surface area contributed by atoms with E-state index in [1.807, 2.05) is 30.3 Å². The van der Waals surface area contributed by atoms with Gasteiger partial charge in [0, 0.05) is 15.6 Å². The van der Waals surface area contributed by atoms with Gasteiger partial charge in [0.15, 0.2) is 5.78 Å². The Kier molecular flexibility index (Phi) is 3.94. The Bertz CT molecular complexity index is 788. The standard InChI is InChI=1S/C18H13BrO3/c19-15-6-1-11(2-7-15)9-13-4-3-12-10-14(18(21)22)5-8-16(12)17(13)20/h1-2,5-10H,3-4H2,(H,21,22)/b13-9+. The minimum absolute atomic E-state index is 0.0129. The lowest BCUT2D eigenvalue weighted by atomic mass is 9.85. The molecular weight excluding hydrogens is 344 g/mol. The SMILES string of the molecule is O=C(O)c1ccc2c(c1)CC/C(=C\c1ccc(Br)cc1)C2=O. The summed E-state index contributed by atoms with van der Waals surface area (Å²) in [7, 11) is 0. The lowest BCUT2D eigenvalue weighted by molar-refractivity contribution is 0.0696. The Labute approximate surface area is 136 Å². The Morgan fingerprint density at radius 3 is 2.50 bits per heavy atom. The number of benzene rings is 2. The molecule has 0 saturated heterocycles. The highest BCUT2D eigenvalue weighted by Gasteiger charge is 2.22. The van der Waals surface area contributed by atoms with Gasteiger partial charge in [-0.15, -0.1) is 0 Å². The molecule has 0 radical (unpaired) electrons. The summed E-state index contributed by atoms with van der Waals surface area (Å²) in [5.41, 5.74) is 3.40. The van der Waals surface area contributed by atoms with E-state index in [0.717, 1.165) is 21.2 Å². The molecule has 0 unspecified atom stereocenters. The number of ketones is 1. The number of carboxylic acids is 1. The third-order valence-corrected chi connectivity index (χ3v) is 4.29. The molecule has 1 aliphatic rings. The minimum atomic E-state index is -0.966. The average Bonchev–Trinajstić information content (AvgIpc) is 2.52. The Morgan fingerprint density at radius 1 is 1.09 bits per heavy atom. The number of hydrogen-bond acceptors (Lipinski definition) is 2. The third-order valence-electron chi connectivity index (χ3n) is 3.76. The zero-order valence-electron chi connectivity index (χ0n) is 11.7. The molecule has 3 rings (SSSR count). The summed E-state index contributed by atoms with van der Waals surface area (Å²) < 4.78 is 0.996. The zero-order valence-corrected chi connectivity index (χ0v) is 13.3. The fourth-order valence-electron chi connectivity index (χ4n) is 2.61. The minimum Gasteiger partial charge on any atom is -0.478 e. The number of fused-ring (bicyclic) bond motifs is 1. The van der Waals surface area contributed by atoms with Crippen molar-refractivity contribution in [1.29, 1.82) is 0 Å². The van der Waals surface area contributed by atoms with Crippen molar-refractivity contribution in [3.05, 3.63) is 74.8 Å². The van der Waals surface area contributed by atoms with Crippen LogP contribution < -0.4 is 0 Å². The predicted octanol–water partition coefficient (Wildman–Crippen LogP) is 4.36. The number of Topliss-reactive ketones (excluding diaryl/α,β-unsaturated/α-hetero) is 1. The molecule has 0 spiro atoms. The van der Waals surface area contributed by atoms with Crippen LogP contribution in [-0.2, 0) is 6.42 Å². The van der Waals surface area contributed by atoms with Crippen LogP contribution in [0.25, 0.3) is 6.08 Å². The van der Waals surface area contributed by atoms with Crippen LogP contribution in [0.1, 0.15) is 38.3 Å². The summed E-state index contributed by atoms with van der Waals surface area (Å²) in [6, 6.07) is 12.5. The maximum atomic E-state index is 12.5. The van der Waals surface area contributed by atoms with Crippen molar-refractivity contribution in [2.45, 2.75) is 12.8 Å². The van der Waals surface area contributed by atoms with Crippen molar-refractivity contribution in [3.8, 4) is 0 Å². The van der Waals surface area contributed by atoms with Crippen LogP contribution in [0.4, 0.5) is 0 Å². The number of aryl methyl sites for hydroxylation is 1. The quantitative estimate of drug-likeness (QED) is 0.813. The highest BCUT2D eigenvalue weighted by atomic mass is 79.9. The van der Waals surface area contributed by atoms with Crippen molar-refractivity contribution >= 4 is 33.8 Å². The van der Waals surface area contributed by atoms with Crippen LogP contribution in [0.5, 0.6) is 0 Å². The van der Waals surface area contributed by atoms with Gasteiger partial charge < -0.3 is 5.11 Å². The molecule has 110 valence electrons. The van der Waals surface area contributed by atoms with Gasteiger partial charge in [-0.2, -0.15) is 0 Å². The fourth-order valence-corrected chi connectivity index (χ4v) is 2.87. The van der Waals surface area contributed by atoms with Crippen molar-refractivity contribution in [2.75, 3.05) is 0 Å². The van der Waals surface area contributed by atoms with Crippen molar-refractivity contribution in [1.82, 2.24) is 0 Å². The topological polar surface area (TPSA) is 54.4 Å². The van der Waals surface area contributed by atoms with Crippen LogP contribution in [-0.4, -0.2) is 16.9 Å². The molecule has 0 aliphatic heterocycles. The largest absolute Gasteiger partial charge is 0.478 e. The number of hydrogen-bond donors (Lipinski definition) is 1. The molecule has 3 nitrogen and oxygen atoms in total. The van der Waals surface area contributed by atoms with Gasteiger partial charge in [0.1, 0.15) is 0 Å². The van der Waals surface area contributed by atoms with Gasteiger partial charge in [-0.25, -0.2) is 4.79 Å². The smallest absolute Gasteiger partial charge is 0.335 e. The van der Waals surface area contributed by atoms with Gasteiger partial charge in [0.2, 0.25) is 0 Å². The van der Waals surface area contributed by atoms with E-state index >= 15 is 0 Å². The van der Waals surface area contributed by atoms with Gasteiger partial charge in [-0.3, -0.25) is 4.79 Å². The molecule has 2 aromatic carbocycles. The third kappa shape index (κ3) is 2.88. The summed E-state index contributed by atoms with van der Waals surface area (Å²) >= 11 is 3.39. The van der Waals surface area contributed by atoms with E-state index < -0.39 is 5.97 Å². The predicted molar refractivity (Wildman–Crippen MR) is 88.2 cm³/mol. The summed E-state index contributed by atoms with van der Waals surface area (Å²) in [4.78, 5) is 23.5. The molecule has 0 saturated carbocycles. The van der Waals surface area contributed by atoms with Gasteiger partial charge in [-0.05, 0) is 60.4 Å². The molecule has 0 amide bonds. The lowest BCUT2D eigenvalue weighted by Gasteiger charge is -2.18. The van der Waals surface area contributed by atoms with Gasteiger partial charge in [0.05, 0.1) is 5.56 Å². The summed E-state index contributed by atoms with van der Waals surface area (Å²) in [5.74, 6) is -0.979. The second kappa shape index (κ2) is 5.89. The molecule has 0 aromatic heterocycles. The Morgan fingerprint density at radius 2 is 1.82 bits per heavy atom. The molecule has 2 aromatic rings. The number of carbonyl (C=O) groups excluding carboxylic acids is 1. The van der Waals surface area contributed by atoms with E-state index in [9.17, 15) is 9.59 Å². The maximum absolute atomic E-state index is 12.5. The fraction of sp³-hybridized carbons (Fsp3) is 0.111. The second-order valence-electron chi connectivity index (χ2n) is 5.23.